The van der Waals surface area contributed by atoms with Gasteiger partial charge in [-0.2, -0.15) is 0 Å². The predicted octanol–water partition coefficient (Wildman–Crippen LogP) is 14.5. The minimum Gasteiger partial charge on any atom is -0.310 e. The molecule has 0 N–H and O–H groups in total. The van der Waals surface area contributed by atoms with Gasteiger partial charge in [-0.25, -0.2) is 0 Å². The van der Waals surface area contributed by atoms with Gasteiger partial charge < -0.3 is 9.47 Å². The Morgan fingerprint density at radius 1 is 0.333 bits per heavy atom. The van der Waals surface area contributed by atoms with Crippen molar-refractivity contribution in [1.82, 2.24) is 4.57 Å². The molecular formula is C52H34N2. The number of benzene rings is 10. The van der Waals surface area contributed by atoms with E-state index in [0.29, 0.717) is 0 Å². The molecule has 0 unspecified atom stereocenters. The highest BCUT2D eigenvalue weighted by molar-refractivity contribution is 6.21. The highest BCUT2D eigenvalue weighted by Gasteiger charge is 2.19. The summed E-state index contributed by atoms with van der Waals surface area (Å²) in [4.78, 5) is 2.36. The summed E-state index contributed by atoms with van der Waals surface area (Å²) in [7, 11) is 0. The van der Waals surface area contributed by atoms with Crippen LogP contribution in [0.1, 0.15) is 0 Å². The molecule has 1 heterocycles. The van der Waals surface area contributed by atoms with Crippen LogP contribution < -0.4 is 4.90 Å². The molecule has 0 spiro atoms. The maximum absolute atomic E-state index is 2.47. The Morgan fingerprint density at radius 3 is 1.72 bits per heavy atom. The number of hydrogen-bond acceptors (Lipinski definition) is 1. The van der Waals surface area contributed by atoms with Crippen molar-refractivity contribution in [3.8, 4) is 16.8 Å². The number of hydrogen-bond donors (Lipinski definition) is 0. The van der Waals surface area contributed by atoms with Gasteiger partial charge in [0.15, 0.2) is 0 Å². The van der Waals surface area contributed by atoms with Gasteiger partial charge in [-0.05, 0) is 91.8 Å². The van der Waals surface area contributed by atoms with E-state index in [0.717, 1.165) is 17.1 Å². The highest BCUT2D eigenvalue weighted by Crippen LogP contribution is 2.42. The lowest BCUT2D eigenvalue weighted by Crippen LogP contribution is -2.09. The van der Waals surface area contributed by atoms with E-state index in [2.05, 4.69) is 216 Å². The van der Waals surface area contributed by atoms with Gasteiger partial charge >= 0.3 is 0 Å². The summed E-state index contributed by atoms with van der Waals surface area (Å²) in [6.45, 7) is 0. The van der Waals surface area contributed by atoms with E-state index in [1.165, 1.54) is 81.7 Å². The van der Waals surface area contributed by atoms with Gasteiger partial charge in [-0.1, -0.05) is 158 Å². The summed E-state index contributed by atoms with van der Waals surface area (Å²) in [5, 5.41) is 12.6. The molecule has 2 heteroatoms. The lowest BCUT2D eigenvalue weighted by atomic mass is 9.96. The number of para-hydroxylation sites is 3. The predicted molar refractivity (Wildman–Crippen MR) is 231 cm³/mol. The molecule has 54 heavy (non-hydrogen) atoms. The number of nitrogens with zero attached hydrogens (tertiary/aromatic N) is 2. The topological polar surface area (TPSA) is 8.17 Å². The number of aromatic nitrogens is 1. The molecule has 0 saturated heterocycles. The standard InChI is InChI=1S/C52H34N2/c1-2-14-40(15-3-1)53(42-31-33-45-39(34-42)25-24-38-23-22-35-12-4-6-17-44(35)51(38)45)41-29-26-37(27-30-41)43-16-8-10-20-49(43)54-50-21-11-9-19-47(50)48-32-28-36-13-5-7-18-46(36)52(48)54/h1-34H. The molecule has 11 aromatic rings. The number of anilines is 3. The summed E-state index contributed by atoms with van der Waals surface area (Å²) in [5.74, 6) is 0. The Balaban J connectivity index is 1.06. The lowest BCUT2D eigenvalue weighted by molar-refractivity contribution is 1.19. The number of fused-ring (bicyclic) bond motifs is 10. The molecule has 11 rings (SSSR count). The minimum absolute atomic E-state index is 1.11. The zero-order chi connectivity index (χ0) is 35.6. The van der Waals surface area contributed by atoms with Gasteiger partial charge in [0.1, 0.15) is 0 Å². The Morgan fingerprint density at radius 2 is 0.889 bits per heavy atom. The van der Waals surface area contributed by atoms with Crippen molar-refractivity contribution in [1.29, 1.82) is 0 Å². The largest absolute Gasteiger partial charge is 0.310 e. The quantitative estimate of drug-likeness (QED) is 0.164. The smallest absolute Gasteiger partial charge is 0.0619 e. The zero-order valence-electron chi connectivity index (χ0n) is 29.5. The zero-order valence-corrected chi connectivity index (χ0v) is 29.5. The summed E-state index contributed by atoms with van der Waals surface area (Å²) < 4.78 is 2.47. The average Bonchev–Trinajstić information content (AvgIpc) is 3.59. The first-order valence-electron chi connectivity index (χ1n) is 18.6. The fourth-order valence-corrected chi connectivity index (χ4v) is 8.67. The first-order valence-corrected chi connectivity index (χ1v) is 18.6. The summed E-state index contributed by atoms with van der Waals surface area (Å²) in [6, 6.07) is 75.2. The van der Waals surface area contributed by atoms with Gasteiger partial charge in [0.25, 0.3) is 0 Å². The molecule has 0 saturated carbocycles. The molecular weight excluding hydrogens is 653 g/mol. The summed E-state index contributed by atoms with van der Waals surface area (Å²) >= 11 is 0. The van der Waals surface area contributed by atoms with E-state index in [1.807, 2.05) is 0 Å². The summed E-state index contributed by atoms with van der Waals surface area (Å²) in [5.41, 5.74) is 9.33. The van der Waals surface area contributed by atoms with Crippen molar-refractivity contribution >= 4 is 82.0 Å². The van der Waals surface area contributed by atoms with Crippen molar-refractivity contribution in [3.63, 3.8) is 0 Å². The van der Waals surface area contributed by atoms with Gasteiger partial charge in [-0.15, -0.1) is 0 Å². The van der Waals surface area contributed by atoms with Crippen LogP contribution in [0.15, 0.2) is 206 Å². The van der Waals surface area contributed by atoms with Crippen LogP contribution in [0.2, 0.25) is 0 Å². The molecule has 2 nitrogen and oxygen atoms in total. The van der Waals surface area contributed by atoms with E-state index < -0.39 is 0 Å². The first-order chi connectivity index (χ1) is 26.8. The molecule has 1 aromatic heterocycles. The van der Waals surface area contributed by atoms with Gasteiger partial charge in [0.05, 0.1) is 16.7 Å². The molecule has 0 bridgehead atoms. The molecule has 0 aliphatic carbocycles. The molecule has 0 atom stereocenters. The Hall–Kier alpha value is -7.16. The van der Waals surface area contributed by atoms with Gasteiger partial charge in [0, 0.05) is 38.8 Å². The Kier molecular flexibility index (Phi) is 6.90. The second-order valence-corrected chi connectivity index (χ2v) is 14.1. The van der Waals surface area contributed by atoms with Crippen LogP contribution in [0.3, 0.4) is 0 Å². The molecule has 0 aliphatic rings. The molecule has 252 valence electrons. The van der Waals surface area contributed by atoms with Crippen LogP contribution in [-0.2, 0) is 0 Å². The third-order valence-corrected chi connectivity index (χ3v) is 11.1. The molecule has 10 aromatic carbocycles. The second kappa shape index (κ2) is 12.2. The van der Waals surface area contributed by atoms with E-state index in [9.17, 15) is 0 Å². The van der Waals surface area contributed by atoms with Crippen molar-refractivity contribution in [2.24, 2.45) is 0 Å². The molecule has 0 aliphatic heterocycles. The van der Waals surface area contributed by atoms with Crippen LogP contribution in [0.4, 0.5) is 17.1 Å². The fraction of sp³-hybridized carbons (Fsp3) is 0. The van der Waals surface area contributed by atoms with E-state index >= 15 is 0 Å². The van der Waals surface area contributed by atoms with Crippen molar-refractivity contribution < 1.29 is 0 Å². The SMILES string of the molecule is c1ccc(N(c2ccc(-c3ccccc3-n3c4ccccc4c4ccc5ccccc5c43)cc2)c2ccc3c(ccc4ccc5ccccc5c43)c2)cc1. The van der Waals surface area contributed by atoms with Gasteiger partial charge in [-0.3, -0.25) is 0 Å². The van der Waals surface area contributed by atoms with Gasteiger partial charge in [0.2, 0.25) is 0 Å². The van der Waals surface area contributed by atoms with E-state index in [-0.39, 0.29) is 0 Å². The van der Waals surface area contributed by atoms with Crippen LogP contribution in [0, 0.1) is 0 Å². The molecule has 0 radical (unpaired) electrons. The average molecular weight is 687 g/mol. The maximum Gasteiger partial charge on any atom is 0.0619 e. The van der Waals surface area contributed by atoms with E-state index in [4.69, 9.17) is 0 Å². The maximum atomic E-state index is 2.47. The third kappa shape index (κ3) is 4.74. The van der Waals surface area contributed by atoms with Crippen LogP contribution in [0.25, 0.3) is 81.7 Å². The first kappa shape index (κ1) is 30.5. The number of rotatable bonds is 5. The van der Waals surface area contributed by atoms with Crippen molar-refractivity contribution in [3.05, 3.63) is 206 Å². The molecule has 0 fully saturated rings. The summed E-state index contributed by atoms with van der Waals surface area (Å²) in [6.07, 6.45) is 0. The third-order valence-electron chi connectivity index (χ3n) is 11.1. The monoisotopic (exact) mass is 686 g/mol. The minimum atomic E-state index is 1.11. The van der Waals surface area contributed by atoms with Crippen molar-refractivity contribution in [2.45, 2.75) is 0 Å². The van der Waals surface area contributed by atoms with Crippen LogP contribution in [-0.4, -0.2) is 4.57 Å². The van der Waals surface area contributed by atoms with Crippen LogP contribution in [0.5, 0.6) is 0 Å². The Labute approximate surface area is 313 Å². The fourth-order valence-electron chi connectivity index (χ4n) is 8.67. The lowest BCUT2D eigenvalue weighted by Gasteiger charge is -2.26. The molecule has 0 amide bonds. The Bertz CT molecular complexity index is 3210. The van der Waals surface area contributed by atoms with Crippen LogP contribution >= 0.6 is 0 Å². The second-order valence-electron chi connectivity index (χ2n) is 14.1. The van der Waals surface area contributed by atoms with Crippen molar-refractivity contribution in [2.75, 3.05) is 4.90 Å². The normalized spacial score (nSPS) is 11.7. The van der Waals surface area contributed by atoms with E-state index in [1.54, 1.807) is 0 Å². The highest BCUT2D eigenvalue weighted by atomic mass is 15.1.